The van der Waals surface area contributed by atoms with E-state index in [1.54, 1.807) is 6.07 Å². The minimum absolute atomic E-state index is 0.279. The number of fused-ring (bicyclic) bond motifs is 1. The molecular weight excluding hydrogens is 245 g/mol. The fourth-order valence-corrected chi connectivity index (χ4v) is 3.58. The van der Waals surface area contributed by atoms with Crippen LogP contribution in [0.3, 0.4) is 0 Å². The van der Waals surface area contributed by atoms with Gasteiger partial charge in [0.1, 0.15) is 11.4 Å². The highest BCUT2D eigenvalue weighted by Gasteiger charge is 2.50. The van der Waals surface area contributed by atoms with Crippen LogP contribution in [-0.4, -0.2) is 29.1 Å². The molecule has 0 radical (unpaired) electrons. The number of aliphatic carboxylic acids is 1. The highest BCUT2D eigenvalue weighted by molar-refractivity contribution is 5.82. The van der Waals surface area contributed by atoms with Gasteiger partial charge >= 0.3 is 5.97 Å². The predicted octanol–water partition coefficient (Wildman–Crippen LogP) is 2.54. The van der Waals surface area contributed by atoms with Gasteiger partial charge in [-0.3, -0.25) is 4.90 Å². The van der Waals surface area contributed by atoms with Crippen LogP contribution in [0.4, 0.5) is 4.39 Å². The molecule has 1 aliphatic carbocycles. The van der Waals surface area contributed by atoms with Crippen LogP contribution in [0.2, 0.25) is 0 Å². The van der Waals surface area contributed by atoms with Crippen molar-refractivity contribution < 1.29 is 14.3 Å². The number of likely N-dealkylation sites (tertiary alicyclic amines) is 1. The van der Waals surface area contributed by atoms with Crippen molar-refractivity contribution in [3.05, 3.63) is 35.1 Å². The molecule has 3 rings (SSSR count). The van der Waals surface area contributed by atoms with Gasteiger partial charge < -0.3 is 5.11 Å². The molecule has 1 aromatic carbocycles. The van der Waals surface area contributed by atoms with E-state index in [9.17, 15) is 14.3 Å². The third kappa shape index (κ3) is 1.86. The van der Waals surface area contributed by atoms with Gasteiger partial charge in [0.05, 0.1) is 0 Å². The maximum atomic E-state index is 13.3. The summed E-state index contributed by atoms with van der Waals surface area (Å²) in [5.74, 6) is -1.07. The molecule has 1 atom stereocenters. The van der Waals surface area contributed by atoms with E-state index in [0.717, 1.165) is 37.1 Å². The first kappa shape index (κ1) is 12.6. The van der Waals surface area contributed by atoms with Crippen LogP contribution in [0.25, 0.3) is 0 Å². The summed E-state index contributed by atoms with van der Waals surface area (Å²) in [4.78, 5) is 14.0. The Hall–Kier alpha value is -1.42. The van der Waals surface area contributed by atoms with Gasteiger partial charge in [-0.15, -0.1) is 0 Å². The van der Waals surface area contributed by atoms with Crippen molar-refractivity contribution in [2.24, 2.45) is 0 Å². The van der Waals surface area contributed by atoms with Gasteiger partial charge in [-0.1, -0.05) is 12.5 Å². The molecule has 1 saturated heterocycles. The van der Waals surface area contributed by atoms with Gasteiger partial charge in [0.2, 0.25) is 0 Å². The Morgan fingerprint density at radius 1 is 1.26 bits per heavy atom. The molecule has 102 valence electrons. The molecule has 19 heavy (non-hydrogen) atoms. The molecule has 1 heterocycles. The average Bonchev–Trinajstić information content (AvgIpc) is 2.79. The van der Waals surface area contributed by atoms with E-state index < -0.39 is 11.5 Å². The molecule has 1 aromatic rings. The zero-order valence-corrected chi connectivity index (χ0v) is 10.9. The topological polar surface area (TPSA) is 40.5 Å². The Morgan fingerprint density at radius 2 is 2.00 bits per heavy atom. The number of hydrogen-bond donors (Lipinski definition) is 1. The molecule has 0 bridgehead atoms. The van der Waals surface area contributed by atoms with Crippen molar-refractivity contribution in [3.63, 3.8) is 0 Å². The highest BCUT2D eigenvalue weighted by atomic mass is 19.1. The molecule has 2 aliphatic rings. The fraction of sp³-hybridized carbons (Fsp3) is 0.533. The van der Waals surface area contributed by atoms with E-state index in [4.69, 9.17) is 0 Å². The number of carbonyl (C=O) groups is 1. The van der Waals surface area contributed by atoms with Crippen molar-refractivity contribution in [3.8, 4) is 0 Å². The number of carboxylic acid groups (broad SMARTS) is 1. The third-order valence-electron chi connectivity index (χ3n) is 4.52. The largest absolute Gasteiger partial charge is 0.480 e. The number of nitrogens with zero attached hydrogens (tertiary/aromatic N) is 1. The van der Waals surface area contributed by atoms with E-state index in [-0.39, 0.29) is 5.82 Å². The lowest BCUT2D eigenvalue weighted by atomic mass is 9.88. The van der Waals surface area contributed by atoms with Crippen LogP contribution in [-0.2, 0) is 16.8 Å². The van der Waals surface area contributed by atoms with Gasteiger partial charge in [0.15, 0.2) is 0 Å². The lowest BCUT2D eigenvalue weighted by molar-refractivity contribution is -0.153. The molecule has 0 saturated carbocycles. The number of aryl methyl sites for hydroxylation is 1. The van der Waals surface area contributed by atoms with Gasteiger partial charge in [-0.25, -0.2) is 9.18 Å². The summed E-state index contributed by atoms with van der Waals surface area (Å²) in [6.45, 7) is 1.65. The second kappa shape index (κ2) is 4.60. The quantitative estimate of drug-likeness (QED) is 0.891. The van der Waals surface area contributed by atoms with Crippen LogP contribution >= 0.6 is 0 Å². The second-order valence-electron chi connectivity index (χ2n) is 5.51. The lowest BCUT2D eigenvalue weighted by Crippen LogP contribution is -2.52. The Bertz CT molecular complexity index is 511. The van der Waals surface area contributed by atoms with Crippen LogP contribution < -0.4 is 0 Å². The zero-order valence-electron chi connectivity index (χ0n) is 10.9. The highest BCUT2D eigenvalue weighted by Crippen LogP contribution is 2.43. The monoisotopic (exact) mass is 263 g/mol. The molecule has 4 heteroatoms. The van der Waals surface area contributed by atoms with E-state index in [1.807, 2.05) is 0 Å². The normalized spacial score (nSPS) is 27.2. The Morgan fingerprint density at radius 3 is 2.68 bits per heavy atom. The van der Waals surface area contributed by atoms with Gasteiger partial charge in [0, 0.05) is 0 Å². The summed E-state index contributed by atoms with van der Waals surface area (Å²) in [5, 5.41) is 9.80. The molecular formula is C15H18FNO2. The number of halogens is 1. The first-order chi connectivity index (χ1) is 9.14. The predicted molar refractivity (Wildman–Crippen MR) is 69.5 cm³/mol. The fourth-order valence-electron chi connectivity index (χ4n) is 3.58. The number of piperidine rings is 1. The van der Waals surface area contributed by atoms with Gasteiger partial charge in [-0.05, 0) is 62.0 Å². The van der Waals surface area contributed by atoms with E-state index in [2.05, 4.69) is 4.90 Å². The number of hydrogen-bond acceptors (Lipinski definition) is 2. The molecule has 1 unspecified atom stereocenters. The molecule has 1 aliphatic heterocycles. The van der Waals surface area contributed by atoms with E-state index >= 15 is 0 Å². The molecule has 0 amide bonds. The van der Waals surface area contributed by atoms with Gasteiger partial charge in [0.25, 0.3) is 0 Å². The Kier molecular flexibility index (Phi) is 3.05. The maximum Gasteiger partial charge on any atom is 0.328 e. The van der Waals surface area contributed by atoms with Crippen LogP contribution in [0, 0.1) is 5.82 Å². The lowest BCUT2D eigenvalue weighted by Gasteiger charge is -2.40. The standard InChI is InChI=1S/C15H18FNO2/c16-12-4-5-13-11(10-12)6-7-15(13,14(18)19)17-8-2-1-3-9-17/h4-5,10H,1-3,6-9H2,(H,18,19). The van der Waals surface area contributed by atoms with Crippen LogP contribution in [0.1, 0.15) is 36.8 Å². The maximum absolute atomic E-state index is 13.3. The summed E-state index contributed by atoms with van der Waals surface area (Å²) in [6.07, 6.45) is 4.47. The Labute approximate surface area is 112 Å². The molecule has 0 aromatic heterocycles. The smallest absolute Gasteiger partial charge is 0.328 e. The first-order valence-corrected chi connectivity index (χ1v) is 6.92. The average molecular weight is 263 g/mol. The summed E-state index contributed by atoms with van der Waals surface area (Å²) in [6, 6.07) is 4.54. The molecule has 1 fully saturated rings. The van der Waals surface area contributed by atoms with E-state index in [1.165, 1.54) is 18.6 Å². The minimum atomic E-state index is -0.927. The van der Waals surface area contributed by atoms with E-state index in [0.29, 0.717) is 12.8 Å². The summed E-state index contributed by atoms with van der Waals surface area (Å²) in [5.41, 5.74) is 0.722. The number of rotatable bonds is 2. The van der Waals surface area contributed by atoms with Crippen LogP contribution in [0.15, 0.2) is 18.2 Å². The summed E-state index contributed by atoms with van der Waals surface area (Å²) in [7, 11) is 0. The zero-order chi connectivity index (χ0) is 13.5. The van der Waals surface area contributed by atoms with Crippen LogP contribution in [0.5, 0.6) is 0 Å². The first-order valence-electron chi connectivity index (χ1n) is 6.92. The molecule has 0 spiro atoms. The van der Waals surface area contributed by atoms with Gasteiger partial charge in [-0.2, -0.15) is 0 Å². The van der Waals surface area contributed by atoms with Crippen molar-refractivity contribution in [2.45, 2.75) is 37.6 Å². The SMILES string of the molecule is O=C(O)C1(N2CCCCC2)CCc2cc(F)ccc21. The number of carboxylic acids is 1. The second-order valence-corrected chi connectivity index (χ2v) is 5.51. The third-order valence-corrected chi connectivity index (χ3v) is 4.52. The molecule has 1 N–H and O–H groups in total. The molecule has 3 nitrogen and oxygen atoms in total. The Balaban J connectivity index is 2.06. The van der Waals surface area contributed by atoms with Crippen molar-refractivity contribution >= 4 is 5.97 Å². The van der Waals surface area contributed by atoms with Crippen molar-refractivity contribution in [2.75, 3.05) is 13.1 Å². The van der Waals surface area contributed by atoms with Crippen molar-refractivity contribution in [1.82, 2.24) is 4.90 Å². The summed E-state index contributed by atoms with van der Waals surface area (Å²) < 4.78 is 13.3. The minimum Gasteiger partial charge on any atom is -0.480 e. The number of benzene rings is 1. The van der Waals surface area contributed by atoms with Crippen molar-refractivity contribution in [1.29, 1.82) is 0 Å². The summed E-state index contributed by atoms with van der Waals surface area (Å²) >= 11 is 0.